The van der Waals surface area contributed by atoms with Crippen LogP contribution in [0.2, 0.25) is 0 Å². The predicted octanol–water partition coefficient (Wildman–Crippen LogP) is 0.473. The first-order valence-electron chi connectivity index (χ1n) is 5.78. The van der Waals surface area contributed by atoms with E-state index in [1.54, 1.807) is 19.4 Å². The van der Waals surface area contributed by atoms with E-state index >= 15 is 0 Å². The Balaban J connectivity index is 1.89. The molecule has 1 aromatic heterocycles. The van der Waals surface area contributed by atoms with Crippen molar-refractivity contribution in [1.29, 1.82) is 0 Å². The fourth-order valence-electron chi connectivity index (χ4n) is 2.30. The highest BCUT2D eigenvalue weighted by Gasteiger charge is 2.50. The Morgan fingerprint density at radius 3 is 3.17 bits per heavy atom. The quantitative estimate of drug-likeness (QED) is 0.824. The maximum Gasteiger partial charge on any atom is 0.267 e. The molecule has 94 valence electrons. The number of amides is 1. The first-order chi connectivity index (χ1) is 8.75. The molecule has 6 heteroatoms. The largest absolute Gasteiger partial charge is 0.481 e. The van der Waals surface area contributed by atoms with Gasteiger partial charge in [0.1, 0.15) is 0 Å². The van der Waals surface area contributed by atoms with Crippen LogP contribution in [-0.2, 0) is 9.63 Å². The Kier molecular flexibility index (Phi) is 2.43. The fourth-order valence-corrected chi connectivity index (χ4v) is 2.30. The summed E-state index contributed by atoms with van der Waals surface area (Å²) in [5.74, 6) is 0.402. The lowest BCUT2D eigenvalue weighted by atomic mass is 9.93. The number of carbonyl (C=O) groups is 1. The van der Waals surface area contributed by atoms with Crippen LogP contribution in [-0.4, -0.2) is 35.9 Å². The van der Waals surface area contributed by atoms with E-state index in [2.05, 4.69) is 15.5 Å². The van der Waals surface area contributed by atoms with Crippen molar-refractivity contribution in [3.8, 4) is 5.88 Å². The highest BCUT2D eigenvalue weighted by atomic mass is 16.7. The number of rotatable bonds is 2. The molecule has 1 aromatic rings. The number of nitrogens with zero attached hydrogens (tertiary/aromatic N) is 2. The zero-order valence-electron chi connectivity index (χ0n) is 9.97. The minimum atomic E-state index is -0.823. The number of hydrogen-bond acceptors (Lipinski definition) is 5. The fraction of sp³-hybridized carbons (Fsp3) is 0.417. The van der Waals surface area contributed by atoms with Gasteiger partial charge in [-0.05, 0) is 12.1 Å². The Labute approximate surface area is 104 Å². The second-order valence-corrected chi connectivity index (χ2v) is 4.37. The molecule has 3 heterocycles. The number of nitrogens with one attached hydrogen (secondary N) is 1. The number of aromatic nitrogens is 1. The van der Waals surface area contributed by atoms with Crippen LogP contribution in [0, 0.1) is 0 Å². The third-order valence-corrected chi connectivity index (χ3v) is 3.29. The summed E-state index contributed by atoms with van der Waals surface area (Å²) < 4.78 is 5.19. The minimum absolute atomic E-state index is 0.0934. The van der Waals surface area contributed by atoms with Crippen molar-refractivity contribution < 1.29 is 14.4 Å². The third kappa shape index (κ3) is 1.53. The molecule has 0 aliphatic carbocycles. The van der Waals surface area contributed by atoms with Crippen LogP contribution < -0.4 is 10.1 Å². The molecule has 2 aliphatic rings. The molecule has 18 heavy (non-hydrogen) atoms. The molecule has 1 saturated heterocycles. The lowest BCUT2D eigenvalue weighted by Crippen LogP contribution is -2.38. The van der Waals surface area contributed by atoms with Gasteiger partial charge in [0.15, 0.2) is 0 Å². The summed E-state index contributed by atoms with van der Waals surface area (Å²) in [6, 6.07) is 3.67. The van der Waals surface area contributed by atoms with E-state index in [1.165, 1.54) is 0 Å². The van der Waals surface area contributed by atoms with Crippen LogP contribution in [0.3, 0.4) is 0 Å². The predicted molar refractivity (Wildman–Crippen MR) is 63.4 cm³/mol. The molecule has 1 unspecified atom stereocenters. The zero-order chi connectivity index (χ0) is 12.6. The van der Waals surface area contributed by atoms with Crippen molar-refractivity contribution in [2.24, 2.45) is 5.16 Å². The monoisotopic (exact) mass is 247 g/mol. The van der Waals surface area contributed by atoms with E-state index in [0.29, 0.717) is 31.0 Å². The number of methoxy groups -OCH3 is 1. The third-order valence-electron chi connectivity index (χ3n) is 3.29. The van der Waals surface area contributed by atoms with E-state index in [9.17, 15) is 4.79 Å². The molecule has 1 atom stereocenters. The van der Waals surface area contributed by atoms with Crippen molar-refractivity contribution in [1.82, 2.24) is 10.3 Å². The van der Waals surface area contributed by atoms with Gasteiger partial charge in [0.25, 0.3) is 5.91 Å². The summed E-state index contributed by atoms with van der Waals surface area (Å²) in [6.45, 7) is 0.631. The summed E-state index contributed by atoms with van der Waals surface area (Å²) in [4.78, 5) is 21.3. The van der Waals surface area contributed by atoms with Gasteiger partial charge in [-0.2, -0.15) is 0 Å². The molecule has 6 nitrogen and oxygen atoms in total. The van der Waals surface area contributed by atoms with E-state index < -0.39 is 5.60 Å². The van der Waals surface area contributed by atoms with E-state index in [1.807, 2.05) is 6.07 Å². The van der Waals surface area contributed by atoms with Gasteiger partial charge >= 0.3 is 0 Å². The van der Waals surface area contributed by atoms with Gasteiger partial charge in [-0.15, -0.1) is 0 Å². The normalized spacial score (nSPS) is 25.8. The van der Waals surface area contributed by atoms with Crippen molar-refractivity contribution in [2.45, 2.75) is 18.4 Å². The molecular formula is C12H13N3O3. The summed E-state index contributed by atoms with van der Waals surface area (Å²) in [5, 5.41) is 6.80. The summed E-state index contributed by atoms with van der Waals surface area (Å²) in [5.41, 5.74) is 0.657. The lowest BCUT2D eigenvalue weighted by molar-refractivity contribution is -0.138. The van der Waals surface area contributed by atoms with Crippen molar-refractivity contribution in [3.05, 3.63) is 23.9 Å². The van der Waals surface area contributed by atoms with E-state index in [4.69, 9.17) is 9.57 Å². The van der Waals surface area contributed by atoms with Gasteiger partial charge in [0.05, 0.1) is 18.4 Å². The van der Waals surface area contributed by atoms with Gasteiger partial charge in [0.2, 0.25) is 11.5 Å². The molecule has 0 aromatic carbocycles. The second kappa shape index (κ2) is 3.97. The molecule has 1 N–H and O–H groups in total. The van der Waals surface area contributed by atoms with Gasteiger partial charge in [-0.1, -0.05) is 5.16 Å². The molecule has 1 fully saturated rings. The van der Waals surface area contributed by atoms with Crippen LogP contribution in [0.4, 0.5) is 0 Å². The molecular weight excluding hydrogens is 234 g/mol. The van der Waals surface area contributed by atoms with Gasteiger partial charge in [0, 0.05) is 25.6 Å². The van der Waals surface area contributed by atoms with Crippen molar-refractivity contribution in [2.75, 3.05) is 13.7 Å². The highest BCUT2D eigenvalue weighted by Crippen LogP contribution is 2.34. The number of ether oxygens (including phenoxy) is 1. The lowest BCUT2D eigenvalue weighted by Gasteiger charge is -2.16. The number of hydrogen-bond donors (Lipinski definition) is 1. The average molecular weight is 247 g/mol. The van der Waals surface area contributed by atoms with Crippen LogP contribution in [0.5, 0.6) is 5.88 Å². The van der Waals surface area contributed by atoms with Crippen LogP contribution >= 0.6 is 0 Å². The maximum atomic E-state index is 11.8. The second-order valence-electron chi connectivity index (χ2n) is 4.37. The highest BCUT2D eigenvalue weighted by molar-refractivity contribution is 6.07. The summed E-state index contributed by atoms with van der Waals surface area (Å²) in [7, 11) is 1.56. The molecule has 1 spiro atoms. The van der Waals surface area contributed by atoms with Gasteiger partial charge in [-0.3, -0.25) is 4.79 Å². The number of pyridine rings is 1. The smallest absolute Gasteiger partial charge is 0.267 e. The van der Waals surface area contributed by atoms with Crippen molar-refractivity contribution in [3.63, 3.8) is 0 Å². The van der Waals surface area contributed by atoms with Gasteiger partial charge < -0.3 is 14.9 Å². The maximum absolute atomic E-state index is 11.8. The Bertz CT molecular complexity index is 529. The molecule has 1 amide bonds. The Hall–Kier alpha value is -2.11. The van der Waals surface area contributed by atoms with Crippen molar-refractivity contribution >= 4 is 11.6 Å². The van der Waals surface area contributed by atoms with E-state index in [0.717, 1.165) is 5.56 Å². The summed E-state index contributed by atoms with van der Waals surface area (Å²) >= 11 is 0. The first kappa shape index (κ1) is 11.0. The number of carbonyl (C=O) groups excluding carboxylic acids is 1. The topological polar surface area (TPSA) is 72.8 Å². The summed E-state index contributed by atoms with van der Waals surface area (Å²) in [6.07, 6.45) is 2.75. The molecule has 2 aliphatic heterocycles. The standard InChI is InChI=1S/C12H13N3O3/c1-17-10-8(3-2-5-13-10)9-7-12(18-15-9)4-6-14-11(12)16/h2-3,5H,4,6-7H2,1H3,(H,14,16). The Morgan fingerprint density at radius 2 is 2.44 bits per heavy atom. The minimum Gasteiger partial charge on any atom is -0.481 e. The van der Waals surface area contributed by atoms with Crippen LogP contribution in [0.1, 0.15) is 18.4 Å². The molecule has 0 saturated carbocycles. The molecule has 0 bridgehead atoms. The van der Waals surface area contributed by atoms with Gasteiger partial charge in [-0.25, -0.2) is 4.98 Å². The van der Waals surface area contributed by atoms with E-state index in [-0.39, 0.29) is 5.91 Å². The Morgan fingerprint density at radius 1 is 1.56 bits per heavy atom. The SMILES string of the molecule is COc1ncccc1C1=NOC2(CCNC2=O)C1. The zero-order valence-corrected chi connectivity index (χ0v) is 9.97. The van der Waals surface area contributed by atoms with Crippen LogP contribution in [0.15, 0.2) is 23.5 Å². The molecule has 0 radical (unpaired) electrons. The first-order valence-corrected chi connectivity index (χ1v) is 5.78. The average Bonchev–Trinajstić information content (AvgIpc) is 2.99. The molecule has 3 rings (SSSR count). The number of oxime groups is 1. The van der Waals surface area contributed by atoms with Crippen LogP contribution in [0.25, 0.3) is 0 Å².